The number of Topliss-reactive ketones (excluding diaryl/α,β-unsaturated/α-hetero) is 1. The van der Waals surface area contributed by atoms with Crippen molar-refractivity contribution in [3.63, 3.8) is 0 Å². The lowest BCUT2D eigenvalue weighted by Gasteiger charge is -2.25. The third-order valence-electron chi connectivity index (χ3n) is 4.10. The van der Waals surface area contributed by atoms with E-state index in [0.717, 1.165) is 11.1 Å². The van der Waals surface area contributed by atoms with Gasteiger partial charge in [0.1, 0.15) is 5.82 Å². The topological polar surface area (TPSA) is 78.9 Å². The predicted octanol–water partition coefficient (Wildman–Crippen LogP) is 3.14. The van der Waals surface area contributed by atoms with E-state index in [2.05, 4.69) is 11.4 Å². The number of rotatable bonds is 3. The first-order valence-corrected chi connectivity index (χ1v) is 7.64. The van der Waals surface area contributed by atoms with Gasteiger partial charge >= 0.3 is 0 Å². The molecule has 0 saturated carbocycles. The molecule has 1 aliphatic rings. The van der Waals surface area contributed by atoms with E-state index in [1.54, 1.807) is 18.3 Å². The lowest BCUT2D eigenvalue weighted by molar-refractivity contribution is 0.102. The molecule has 1 heterocycles. The Hall–Kier alpha value is -3.32. The summed E-state index contributed by atoms with van der Waals surface area (Å²) < 4.78 is 0. The van der Waals surface area contributed by atoms with Crippen molar-refractivity contribution in [2.45, 2.75) is 12.8 Å². The molecule has 0 bridgehead atoms. The monoisotopic (exact) mass is 315 g/mol. The fourth-order valence-electron chi connectivity index (χ4n) is 2.81. The maximum atomic E-state index is 13.0. The van der Waals surface area contributed by atoms with Crippen LogP contribution in [-0.4, -0.2) is 5.78 Å². The van der Waals surface area contributed by atoms with Crippen LogP contribution in [0.15, 0.2) is 77.8 Å². The molecule has 118 valence electrons. The molecule has 4 heteroatoms. The number of nitrogens with one attached hydrogen (secondary N) is 1. The first-order valence-electron chi connectivity index (χ1n) is 7.64. The van der Waals surface area contributed by atoms with Gasteiger partial charge in [-0.3, -0.25) is 4.79 Å². The highest BCUT2D eigenvalue weighted by Crippen LogP contribution is 2.36. The molecule has 4 nitrogen and oxygen atoms in total. The van der Waals surface area contributed by atoms with Gasteiger partial charge in [0, 0.05) is 17.3 Å². The third-order valence-corrected chi connectivity index (χ3v) is 4.10. The second kappa shape index (κ2) is 6.43. The summed E-state index contributed by atoms with van der Waals surface area (Å²) in [7, 11) is 0. The summed E-state index contributed by atoms with van der Waals surface area (Å²) in [5.41, 5.74) is 9.34. The van der Waals surface area contributed by atoms with Gasteiger partial charge in [0.2, 0.25) is 0 Å². The summed E-state index contributed by atoms with van der Waals surface area (Å²) in [6, 6.07) is 19.0. The second-order valence-electron chi connectivity index (χ2n) is 5.72. The van der Waals surface area contributed by atoms with Gasteiger partial charge in [0.05, 0.1) is 17.6 Å². The Bertz CT molecular complexity index is 871. The summed E-state index contributed by atoms with van der Waals surface area (Å²) in [5.74, 6) is -0.297. The maximum absolute atomic E-state index is 13.0. The molecule has 3 rings (SSSR count). The van der Waals surface area contributed by atoms with E-state index in [0.29, 0.717) is 16.7 Å². The highest BCUT2D eigenvalue weighted by molar-refractivity contribution is 6.10. The van der Waals surface area contributed by atoms with Crippen molar-refractivity contribution in [1.82, 2.24) is 5.32 Å². The van der Waals surface area contributed by atoms with Gasteiger partial charge < -0.3 is 11.1 Å². The van der Waals surface area contributed by atoms with Gasteiger partial charge in [0.25, 0.3) is 0 Å². The van der Waals surface area contributed by atoms with Crippen molar-refractivity contribution >= 4 is 5.78 Å². The highest BCUT2D eigenvalue weighted by atomic mass is 16.1. The normalized spacial score (nSPS) is 16.8. The number of benzene rings is 2. The minimum atomic E-state index is -0.466. The fourth-order valence-corrected chi connectivity index (χ4v) is 2.81. The Morgan fingerprint density at radius 1 is 1.12 bits per heavy atom. The highest BCUT2D eigenvalue weighted by Gasteiger charge is 2.31. The largest absolute Gasteiger partial charge is 0.384 e. The number of allylic oxidation sites excluding steroid dienone is 2. The van der Waals surface area contributed by atoms with E-state index < -0.39 is 5.92 Å². The average Bonchev–Trinajstić information content (AvgIpc) is 2.62. The summed E-state index contributed by atoms with van der Waals surface area (Å²) in [6.45, 7) is 1.97. The Balaban J connectivity index is 2.07. The zero-order valence-corrected chi connectivity index (χ0v) is 13.3. The van der Waals surface area contributed by atoms with Crippen LogP contribution >= 0.6 is 0 Å². The van der Waals surface area contributed by atoms with E-state index in [1.807, 2.05) is 49.4 Å². The Morgan fingerprint density at radius 2 is 1.79 bits per heavy atom. The lowest BCUT2D eigenvalue weighted by atomic mass is 9.80. The van der Waals surface area contributed by atoms with Crippen LogP contribution in [0.5, 0.6) is 0 Å². The second-order valence-corrected chi connectivity index (χ2v) is 5.72. The first kappa shape index (κ1) is 15.6. The number of carbonyl (C=O) groups excluding carboxylic acids is 1. The smallest absolute Gasteiger partial charge is 0.191 e. The van der Waals surface area contributed by atoms with E-state index >= 15 is 0 Å². The van der Waals surface area contributed by atoms with E-state index in [9.17, 15) is 10.1 Å². The number of ketones is 1. The molecule has 0 fully saturated rings. The minimum Gasteiger partial charge on any atom is -0.384 e. The SMILES string of the molecule is Cc1ccc(C(=O)C2=CNC(N)=C(C#N)C2c2ccccc2)cc1. The van der Waals surface area contributed by atoms with Gasteiger partial charge in [-0.05, 0) is 12.5 Å². The zero-order valence-electron chi connectivity index (χ0n) is 13.3. The summed E-state index contributed by atoms with van der Waals surface area (Å²) in [5, 5.41) is 12.4. The van der Waals surface area contributed by atoms with Crippen molar-refractivity contribution in [3.05, 3.63) is 94.5 Å². The van der Waals surface area contributed by atoms with Crippen LogP contribution in [-0.2, 0) is 0 Å². The van der Waals surface area contributed by atoms with Crippen LogP contribution in [0.1, 0.15) is 27.4 Å². The number of nitriles is 1. The van der Waals surface area contributed by atoms with Gasteiger partial charge in [-0.1, -0.05) is 60.2 Å². The number of nitrogens with two attached hydrogens (primary N) is 1. The van der Waals surface area contributed by atoms with Crippen LogP contribution in [0.3, 0.4) is 0 Å². The average molecular weight is 315 g/mol. The maximum Gasteiger partial charge on any atom is 0.191 e. The molecule has 0 spiro atoms. The molecule has 0 aliphatic carbocycles. The Kier molecular flexibility index (Phi) is 4.17. The number of hydrogen-bond acceptors (Lipinski definition) is 4. The Labute approximate surface area is 140 Å². The fraction of sp³-hybridized carbons (Fsp3) is 0.100. The van der Waals surface area contributed by atoms with E-state index in [4.69, 9.17) is 5.73 Å². The van der Waals surface area contributed by atoms with Gasteiger partial charge in [-0.25, -0.2) is 0 Å². The standard InChI is InChI=1S/C20H17N3O/c1-13-7-9-15(10-8-13)19(24)17-12-23-20(22)16(11-21)18(17)14-5-3-2-4-6-14/h2-10,12,18,23H,22H2,1H3. The van der Waals surface area contributed by atoms with Crippen LogP contribution in [0.2, 0.25) is 0 Å². The van der Waals surface area contributed by atoms with Crippen molar-refractivity contribution in [1.29, 1.82) is 5.26 Å². The number of nitrogens with zero attached hydrogens (tertiary/aromatic N) is 1. The molecule has 0 radical (unpaired) electrons. The zero-order chi connectivity index (χ0) is 17.1. The molecule has 2 aromatic rings. The van der Waals surface area contributed by atoms with E-state index in [-0.39, 0.29) is 11.6 Å². The first-order chi connectivity index (χ1) is 11.6. The van der Waals surface area contributed by atoms with Crippen molar-refractivity contribution in [3.8, 4) is 6.07 Å². The summed E-state index contributed by atoms with van der Waals surface area (Å²) in [6.07, 6.45) is 1.61. The molecule has 0 aromatic heterocycles. The minimum absolute atomic E-state index is 0.114. The molecule has 1 unspecified atom stereocenters. The molecule has 0 saturated heterocycles. The molecule has 24 heavy (non-hydrogen) atoms. The number of aryl methyl sites for hydroxylation is 1. The van der Waals surface area contributed by atoms with Crippen LogP contribution in [0.4, 0.5) is 0 Å². The van der Waals surface area contributed by atoms with Crippen LogP contribution in [0.25, 0.3) is 0 Å². The molecule has 0 amide bonds. The molecular formula is C20H17N3O. The molecular weight excluding hydrogens is 298 g/mol. The molecule has 1 aliphatic heterocycles. The lowest BCUT2D eigenvalue weighted by Crippen LogP contribution is -2.28. The van der Waals surface area contributed by atoms with Crippen molar-refractivity contribution in [2.24, 2.45) is 5.73 Å². The number of carbonyl (C=O) groups is 1. The predicted molar refractivity (Wildman–Crippen MR) is 92.7 cm³/mol. The quantitative estimate of drug-likeness (QED) is 0.853. The molecule has 3 N–H and O–H groups in total. The van der Waals surface area contributed by atoms with Crippen molar-refractivity contribution < 1.29 is 4.79 Å². The van der Waals surface area contributed by atoms with Crippen LogP contribution < -0.4 is 11.1 Å². The molecule has 1 atom stereocenters. The summed E-state index contributed by atoms with van der Waals surface area (Å²) >= 11 is 0. The van der Waals surface area contributed by atoms with Gasteiger partial charge in [0.15, 0.2) is 5.78 Å². The molecule has 2 aromatic carbocycles. The van der Waals surface area contributed by atoms with Crippen molar-refractivity contribution in [2.75, 3.05) is 0 Å². The number of hydrogen-bond donors (Lipinski definition) is 2. The van der Waals surface area contributed by atoms with Crippen LogP contribution in [0, 0.1) is 18.3 Å². The summed E-state index contributed by atoms with van der Waals surface area (Å²) in [4.78, 5) is 13.0. The van der Waals surface area contributed by atoms with Gasteiger partial charge in [-0.15, -0.1) is 0 Å². The van der Waals surface area contributed by atoms with Gasteiger partial charge in [-0.2, -0.15) is 5.26 Å². The third kappa shape index (κ3) is 2.80. The Morgan fingerprint density at radius 3 is 2.42 bits per heavy atom. The number of dihydropyridines is 1. The van der Waals surface area contributed by atoms with E-state index in [1.165, 1.54) is 0 Å².